The Morgan fingerprint density at radius 2 is 1.09 bits per heavy atom. The van der Waals surface area contributed by atoms with Gasteiger partial charge in [0.1, 0.15) is 22.8 Å². The molecule has 2 aliphatic heterocycles. The number of amides is 2. The molecule has 6 rings (SSSR count). The molecule has 0 saturated carbocycles. The number of halogens is 6. The highest BCUT2D eigenvalue weighted by Crippen LogP contribution is 2.36. The predicted octanol–water partition coefficient (Wildman–Crippen LogP) is 10.6. The lowest BCUT2D eigenvalue weighted by atomic mass is 10.0. The molecule has 2 amide bonds. The summed E-state index contributed by atoms with van der Waals surface area (Å²) in [5.41, 5.74) is -0.598. The number of Topliss-reactive ketones (excluding diaryl/α,β-unsaturated/α-hetero) is 1. The van der Waals surface area contributed by atoms with E-state index in [1.165, 1.54) is 40.1 Å². The van der Waals surface area contributed by atoms with Crippen molar-refractivity contribution in [2.45, 2.75) is 84.4 Å². The number of ether oxygens (including phenoxy) is 2. The van der Waals surface area contributed by atoms with Crippen molar-refractivity contribution in [2.24, 2.45) is 0 Å². The van der Waals surface area contributed by atoms with Crippen LogP contribution in [0.2, 0.25) is 0 Å². The minimum Gasteiger partial charge on any atom is -0.443 e. The standard InChI is InChI=1S/C20H19F3N2O3.C20H21F3N2O2/c1-19(2,3)28-18(27)25-10-9-16(26)14-7-8-15(24-17(14)25)12-5-4-6-13(11-12)20(21,22)23;1-19(2,3)27-18(26)25-11-5-7-13-9-10-16(24-17(13)25)14-6-4-8-15(12-14)20(21,22)23/h4-8,11H,9-10H2,1-3H3;4,6,8-10,12H,5,7,11H2,1-3H3. The fraction of sp³-hybridized carbons (Fsp3) is 0.375. The van der Waals surface area contributed by atoms with Gasteiger partial charge in [0, 0.05) is 30.6 Å². The van der Waals surface area contributed by atoms with Crippen LogP contribution in [0.25, 0.3) is 22.5 Å². The van der Waals surface area contributed by atoms with E-state index in [0.29, 0.717) is 23.6 Å². The van der Waals surface area contributed by atoms with Gasteiger partial charge in [-0.3, -0.25) is 14.6 Å². The van der Waals surface area contributed by atoms with Crippen LogP contribution < -0.4 is 9.80 Å². The quantitative estimate of drug-likeness (QED) is 0.187. The van der Waals surface area contributed by atoms with Crippen LogP contribution in [0.4, 0.5) is 47.6 Å². The van der Waals surface area contributed by atoms with E-state index >= 15 is 0 Å². The number of aromatic nitrogens is 2. The normalized spacial score (nSPS) is 14.7. The van der Waals surface area contributed by atoms with E-state index in [4.69, 9.17) is 9.47 Å². The largest absolute Gasteiger partial charge is 0.443 e. The summed E-state index contributed by atoms with van der Waals surface area (Å²) in [4.78, 5) is 48.8. The van der Waals surface area contributed by atoms with Gasteiger partial charge in [0.25, 0.3) is 0 Å². The number of ketones is 1. The smallest absolute Gasteiger partial charge is 0.416 e. The molecule has 4 aromatic rings. The predicted molar refractivity (Wildman–Crippen MR) is 194 cm³/mol. The summed E-state index contributed by atoms with van der Waals surface area (Å²) in [5.74, 6) is 0.365. The van der Waals surface area contributed by atoms with Crippen molar-refractivity contribution < 1.29 is 50.2 Å². The van der Waals surface area contributed by atoms with Crippen LogP contribution in [0.15, 0.2) is 72.8 Å². The molecule has 2 aromatic heterocycles. The maximum atomic E-state index is 13.0. The van der Waals surface area contributed by atoms with Gasteiger partial charge >= 0.3 is 24.5 Å². The first kappa shape index (κ1) is 40.7. The highest BCUT2D eigenvalue weighted by molar-refractivity contribution is 6.07. The molecule has 2 aromatic carbocycles. The Balaban J connectivity index is 0.000000211. The zero-order chi connectivity index (χ0) is 40.5. The van der Waals surface area contributed by atoms with Crippen molar-refractivity contribution in [1.82, 2.24) is 9.97 Å². The molecule has 4 heterocycles. The average molecular weight is 771 g/mol. The molecule has 0 saturated heterocycles. The maximum absolute atomic E-state index is 13.0. The average Bonchev–Trinajstić information content (AvgIpc) is 3.09. The number of carbonyl (C=O) groups excluding carboxylic acids is 3. The lowest BCUT2D eigenvalue weighted by molar-refractivity contribution is -0.138. The number of benzene rings is 2. The molecule has 292 valence electrons. The summed E-state index contributed by atoms with van der Waals surface area (Å²) in [6.07, 6.45) is -8.42. The molecule has 0 N–H and O–H groups in total. The number of hydrogen-bond donors (Lipinski definition) is 0. The zero-order valence-corrected chi connectivity index (χ0v) is 31.1. The first-order chi connectivity index (χ1) is 25.5. The van der Waals surface area contributed by atoms with E-state index < -0.39 is 46.9 Å². The number of aryl methyl sites for hydroxylation is 1. The molecule has 0 fully saturated rings. The second kappa shape index (κ2) is 15.3. The zero-order valence-electron chi connectivity index (χ0n) is 31.1. The Hall–Kier alpha value is -5.47. The number of carbonyl (C=O) groups is 3. The lowest BCUT2D eigenvalue weighted by Crippen LogP contribution is -2.41. The highest BCUT2D eigenvalue weighted by atomic mass is 19.4. The minimum atomic E-state index is -4.48. The Morgan fingerprint density at radius 3 is 1.58 bits per heavy atom. The number of rotatable bonds is 2. The van der Waals surface area contributed by atoms with Gasteiger partial charge in [0.15, 0.2) is 5.78 Å². The molecular weight excluding hydrogens is 730 g/mol. The van der Waals surface area contributed by atoms with Crippen LogP contribution in [-0.2, 0) is 28.2 Å². The van der Waals surface area contributed by atoms with E-state index in [-0.39, 0.29) is 41.4 Å². The third kappa shape index (κ3) is 10.2. The van der Waals surface area contributed by atoms with Crippen LogP contribution in [-0.4, -0.2) is 52.2 Å². The second-order valence-corrected chi connectivity index (χ2v) is 14.9. The van der Waals surface area contributed by atoms with E-state index in [9.17, 15) is 40.7 Å². The molecule has 0 aliphatic carbocycles. The lowest BCUT2D eigenvalue weighted by Gasteiger charge is -2.31. The molecule has 0 spiro atoms. The fourth-order valence-corrected chi connectivity index (χ4v) is 5.79. The number of alkyl halides is 6. The van der Waals surface area contributed by atoms with E-state index in [1.807, 2.05) is 6.07 Å². The molecule has 9 nitrogen and oxygen atoms in total. The van der Waals surface area contributed by atoms with Crippen LogP contribution in [0.5, 0.6) is 0 Å². The number of hydrogen-bond acceptors (Lipinski definition) is 7. The Kier molecular flexibility index (Phi) is 11.4. The fourth-order valence-electron chi connectivity index (χ4n) is 5.79. The number of pyridine rings is 2. The Bertz CT molecular complexity index is 2090. The van der Waals surface area contributed by atoms with Gasteiger partial charge in [-0.1, -0.05) is 30.3 Å². The summed E-state index contributed by atoms with van der Waals surface area (Å²) >= 11 is 0. The molecule has 2 aliphatic rings. The molecule has 0 unspecified atom stereocenters. The summed E-state index contributed by atoms with van der Waals surface area (Å²) in [7, 11) is 0. The van der Waals surface area contributed by atoms with Crippen molar-refractivity contribution in [2.75, 3.05) is 22.9 Å². The Labute approximate surface area is 314 Å². The third-order valence-electron chi connectivity index (χ3n) is 8.23. The molecule has 0 bridgehead atoms. The highest BCUT2D eigenvalue weighted by Gasteiger charge is 2.34. The summed E-state index contributed by atoms with van der Waals surface area (Å²) in [6.45, 7) is 11.0. The first-order valence-corrected chi connectivity index (χ1v) is 17.4. The van der Waals surface area contributed by atoms with Gasteiger partial charge in [-0.2, -0.15) is 26.3 Å². The third-order valence-corrected chi connectivity index (χ3v) is 8.23. The molecular formula is C40H40F6N4O5. The number of anilines is 2. The van der Waals surface area contributed by atoms with Crippen molar-refractivity contribution in [3.63, 3.8) is 0 Å². The van der Waals surface area contributed by atoms with E-state index in [0.717, 1.165) is 42.7 Å². The van der Waals surface area contributed by atoms with Crippen LogP contribution in [0, 0.1) is 0 Å². The van der Waals surface area contributed by atoms with Gasteiger partial charge in [0.05, 0.1) is 28.1 Å². The van der Waals surface area contributed by atoms with E-state index in [2.05, 4.69) is 9.97 Å². The van der Waals surface area contributed by atoms with Crippen molar-refractivity contribution in [1.29, 1.82) is 0 Å². The Morgan fingerprint density at radius 1 is 0.618 bits per heavy atom. The van der Waals surface area contributed by atoms with Crippen molar-refractivity contribution >= 4 is 29.6 Å². The summed E-state index contributed by atoms with van der Waals surface area (Å²) in [5, 5.41) is 0. The monoisotopic (exact) mass is 770 g/mol. The number of nitrogens with zero attached hydrogens (tertiary/aromatic N) is 4. The SMILES string of the molecule is CC(C)(C)OC(=O)N1CCC(=O)c2ccc(-c3cccc(C(F)(F)F)c3)nc21.CC(C)(C)OC(=O)N1CCCc2ccc(-c3cccc(C(F)(F)F)c3)nc21. The number of fused-ring (bicyclic) bond motifs is 2. The van der Waals surface area contributed by atoms with Crippen LogP contribution >= 0.6 is 0 Å². The summed E-state index contributed by atoms with van der Waals surface area (Å²) < 4.78 is 88.8. The molecule has 55 heavy (non-hydrogen) atoms. The molecule has 0 radical (unpaired) electrons. The minimum absolute atomic E-state index is 0.0970. The molecule has 0 atom stereocenters. The van der Waals surface area contributed by atoms with Gasteiger partial charge in [-0.25, -0.2) is 19.6 Å². The summed E-state index contributed by atoms with van der Waals surface area (Å²) in [6, 6.07) is 16.2. The van der Waals surface area contributed by atoms with Gasteiger partial charge in [-0.15, -0.1) is 0 Å². The van der Waals surface area contributed by atoms with Crippen molar-refractivity contribution in [3.05, 3.63) is 95.1 Å². The van der Waals surface area contributed by atoms with Crippen LogP contribution in [0.1, 0.15) is 81.4 Å². The molecule has 15 heteroatoms. The topological polar surface area (TPSA) is 102 Å². The van der Waals surface area contributed by atoms with E-state index in [1.54, 1.807) is 53.7 Å². The first-order valence-electron chi connectivity index (χ1n) is 17.4. The van der Waals surface area contributed by atoms with Gasteiger partial charge in [-0.05, 0) is 102 Å². The van der Waals surface area contributed by atoms with Gasteiger partial charge in [0.2, 0.25) is 0 Å². The maximum Gasteiger partial charge on any atom is 0.416 e. The second-order valence-electron chi connectivity index (χ2n) is 14.9. The van der Waals surface area contributed by atoms with Crippen LogP contribution in [0.3, 0.4) is 0 Å². The van der Waals surface area contributed by atoms with Crippen molar-refractivity contribution in [3.8, 4) is 22.5 Å². The van der Waals surface area contributed by atoms with Gasteiger partial charge < -0.3 is 9.47 Å².